The monoisotopic (exact) mass is 590 g/mol. The van der Waals surface area contributed by atoms with Crippen LogP contribution in [0.3, 0.4) is 0 Å². The normalized spacial score (nSPS) is 12.0. The minimum Gasteiger partial charge on any atom is -0.457 e. The molecule has 45 heavy (non-hydrogen) atoms. The van der Waals surface area contributed by atoms with Crippen LogP contribution < -0.4 is 26.0 Å². The third-order valence-corrected chi connectivity index (χ3v) is 7.66. The van der Waals surface area contributed by atoms with Gasteiger partial charge in [-0.25, -0.2) is 0 Å². The molecule has 0 saturated heterocycles. The van der Waals surface area contributed by atoms with E-state index in [1.165, 1.54) is 11.1 Å². The zero-order valence-corrected chi connectivity index (χ0v) is 25.6. The second-order valence-corrected chi connectivity index (χ2v) is 11.1. The van der Waals surface area contributed by atoms with Crippen molar-refractivity contribution in [3.63, 3.8) is 0 Å². The molecule has 0 aliphatic rings. The van der Waals surface area contributed by atoms with E-state index in [4.69, 9.17) is 4.74 Å². The van der Waals surface area contributed by atoms with Crippen LogP contribution in [-0.4, -0.2) is 0 Å². The zero-order chi connectivity index (χ0) is 30.8. The minimum absolute atomic E-state index is 0.150. The lowest BCUT2D eigenvalue weighted by atomic mass is 10.1. The average Bonchev–Trinajstić information content (AvgIpc) is 3.08. The summed E-state index contributed by atoms with van der Waals surface area (Å²) in [5.41, 5.74) is 8.78. The highest BCUT2D eigenvalue weighted by Crippen LogP contribution is 2.28. The van der Waals surface area contributed by atoms with E-state index < -0.39 is 0 Å². The Bertz CT molecular complexity index is 1620. The van der Waals surface area contributed by atoms with Crippen LogP contribution in [0.15, 0.2) is 158 Å². The first-order chi connectivity index (χ1) is 22.1. The molecule has 5 heteroatoms. The van der Waals surface area contributed by atoms with Crippen molar-refractivity contribution in [2.24, 2.45) is 0 Å². The summed E-state index contributed by atoms with van der Waals surface area (Å²) in [6, 6.07) is 53.9. The maximum Gasteiger partial charge on any atom is 0.127 e. The molecule has 4 N–H and O–H groups in total. The van der Waals surface area contributed by atoms with E-state index in [1.54, 1.807) is 0 Å². The number of rotatable bonds is 12. The van der Waals surface area contributed by atoms with E-state index in [9.17, 15) is 0 Å². The summed E-state index contributed by atoms with van der Waals surface area (Å²) < 4.78 is 6.15. The summed E-state index contributed by atoms with van der Waals surface area (Å²) in [4.78, 5) is 0. The topological polar surface area (TPSA) is 57.4 Å². The summed E-state index contributed by atoms with van der Waals surface area (Å²) in [6.07, 6.45) is 0. The number of benzene rings is 6. The molecule has 6 aromatic rings. The van der Waals surface area contributed by atoms with Crippen molar-refractivity contribution in [2.45, 2.75) is 25.9 Å². The Hall–Kier alpha value is -5.68. The summed E-state index contributed by atoms with van der Waals surface area (Å²) >= 11 is 0. The number of ether oxygens (including phenoxy) is 1. The van der Waals surface area contributed by atoms with Gasteiger partial charge in [-0.15, -0.1) is 0 Å². The lowest BCUT2D eigenvalue weighted by Crippen LogP contribution is -2.06. The molecular weight excluding hydrogens is 552 g/mol. The van der Waals surface area contributed by atoms with Gasteiger partial charge in [-0.2, -0.15) is 0 Å². The Balaban J connectivity index is 0.983. The van der Waals surface area contributed by atoms with Crippen molar-refractivity contribution in [3.8, 4) is 11.5 Å². The number of hydrogen-bond acceptors (Lipinski definition) is 5. The molecule has 224 valence electrons. The summed E-state index contributed by atoms with van der Waals surface area (Å²) in [5.74, 6) is 1.62. The van der Waals surface area contributed by atoms with E-state index in [0.29, 0.717) is 0 Å². The zero-order valence-electron chi connectivity index (χ0n) is 25.6. The van der Waals surface area contributed by atoms with Crippen molar-refractivity contribution in [1.82, 2.24) is 0 Å². The van der Waals surface area contributed by atoms with E-state index in [-0.39, 0.29) is 12.1 Å². The van der Waals surface area contributed by atoms with Gasteiger partial charge in [0.25, 0.3) is 0 Å². The number of nitrogens with one attached hydrogen (secondary N) is 4. The largest absolute Gasteiger partial charge is 0.457 e. The predicted molar refractivity (Wildman–Crippen MR) is 189 cm³/mol. The van der Waals surface area contributed by atoms with Crippen LogP contribution in [0, 0.1) is 0 Å². The highest BCUT2D eigenvalue weighted by molar-refractivity contribution is 5.63. The molecule has 5 nitrogen and oxygen atoms in total. The molecule has 0 radical (unpaired) electrons. The van der Waals surface area contributed by atoms with Gasteiger partial charge in [-0.05, 0) is 122 Å². The summed E-state index contributed by atoms with van der Waals surface area (Å²) in [7, 11) is 0. The minimum atomic E-state index is 0.150. The lowest BCUT2D eigenvalue weighted by Gasteiger charge is -2.18. The highest BCUT2D eigenvalue weighted by Gasteiger charge is 2.09. The summed E-state index contributed by atoms with van der Waals surface area (Å²) in [6.45, 7) is 4.33. The fourth-order valence-corrected chi connectivity index (χ4v) is 5.13. The summed E-state index contributed by atoms with van der Waals surface area (Å²) in [5, 5.41) is 14.0. The van der Waals surface area contributed by atoms with E-state index in [0.717, 1.165) is 45.6 Å². The van der Waals surface area contributed by atoms with Gasteiger partial charge in [-0.3, -0.25) is 0 Å². The van der Waals surface area contributed by atoms with Crippen molar-refractivity contribution in [3.05, 3.63) is 169 Å². The van der Waals surface area contributed by atoms with Crippen LogP contribution in [0.2, 0.25) is 0 Å². The first kappa shape index (κ1) is 29.4. The van der Waals surface area contributed by atoms with Gasteiger partial charge in [0.2, 0.25) is 0 Å². The van der Waals surface area contributed by atoms with Gasteiger partial charge in [0, 0.05) is 46.2 Å². The van der Waals surface area contributed by atoms with E-state index in [2.05, 4.69) is 132 Å². The van der Waals surface area contributed by atoms with Crippen molar-refractivity contribution in [2.75, 3.05) is 21.3 Å². The molecule has 0 bridgehead atoms. The molecule has 0 spiro atoms. The molecule has 0 aromatic heterocycles. The predicted octanol–water partition coefficient (Wildman–Crippen LogP) is 11.3. The van der Waals surface area contributed by atoms with Crippen LogP contribution in [0.1, 0.15) is 37.1 Å². The second kappa shape index (κ2) is 14.2. The van der Waals surface area contributed by atoms with Gasteiger partial charge in [0.05, 0.1) is 0 Å². The van der Waals surface area contributed by atoms with Crippen LogP contribution in [0.25, 0.3) is 0 Å². The molecule has 0 amide bonds. The fraction of sp³-hybridized carbons (Fsp3) is 0.100. The standard InChI is InChI=1S/C40H38N4O/c1-29(41-35-17-21-37(22-18-35)43-33-9-5-3-6-10-33)31-13-25-39(26-14-31)45-40-27-15-32(16-28-40)30(2)42-36-19-23-38(24-20-36)44-34-11-7-4-8-12-34/h3-30,41-44H,1-2H3. The maximum absolute atomic E-state index is 6.15. The molecule has 2 unspecified atom stereocenters. The molecule has 0 aliphatic heterocycles. The Morgan fingerprint density at radius 3 is 1.02 bits per heavy atom. The molecule has 0 saturated carbocycles. The van der Waals surface area contributed by atoms with Crippen LogP contribution in [0.5, 0.6) is 11.5 Å². The Kier molecular flexibility index (Phi) is 9.27. The Labute approximate surface area is 265 Å². The maximum atomic E-state index is 6.15. The molecular formula is C40H38N4O. The third kappa shape index (κ3) is 8.24. The molecule has 0 heterocycles. The Morgan fingerprint density at radius 1 is 0.356 bits per heavy atom. The first-order valence-electron chi connectivity index (χ1n) is 15.3. The lowest BCUT2D eigenvalue weighted by molar-refractivity contribution is 0.482. The first-order valence-corrected chi connectivity index (χ1v) is 15.3. The van der Waals surface area contributed by atoms with E-state index in [1.807, 2.05) is 60.7 Å². The number of para-hydroxylation sites is 2. The van der Waals surface area contributed by atoms with Crippen molar-refractivity contribution < 1.29 is 4.74 Å². The van der Waals surface area contributed by atoms with Crippen LogP contribution >= 0.6 is 0 Å². The van der Waals surface area contributed by atoms with Crippen molar-refractivity contribution in [1.29, 1.82) is 0 Å². The average molecular weight is 591 g/mol. The molecule has 6 rings (SSSR count). The Morgan fingerprint density at radius 2 is 0.667 bits per heavy atom. The quantitative estimate of drug-likeness (QED) is 0.114. The van der Waals surface area contributed by atoms with Crippen LogP contribution in [0.4, 0.5) is 34.1 Å². The van der Waals surface area contributed by atoms with Gasteiger partial charge in [0.15, 0.2) is 0 Å². The van der Waals surface area contributed by atoms with E-state index >= 15 is 0 Å². The van der Waals surface area contributed by atoms with Gasteiger partial charge >= 0.3 is 0 Å². The van der Waals surface area contributed by atoms with Crippen LogP contribution in [-0.2, 0) is 0 Å². The van der Waals surface area contributed by atoms with Gasteiger partial charge in [0.1, 0.15) is 11.5 Å². The number of anilines is 6. The molecule has 0 fully saturated rings. The second-order valence-electron chi connectivity index (χ2n) is 11.1. The highest BCUT2D eigenvalue weighted by atomic mass is 16.5. The number of hydrogen-bond donors (Lipinski definition) is 4. The molecule has 0 aliphatic carbocycles. The van der Waals surface area contributed by atoms with Crippen molar-refractivity contribution >= 4 is 34.1 Å². The third-order valence-electron chi connectivity index (χ3n) is 7.66. The molecule has 2 atom stereocenters. The molecule has 6 aromatic carbocycles. The smallest absolute Gasteiger partial charge is 0.127 e. The fourth-order valence-electron chi connectivity index (χ4n) is 5.13. The SMILES string of the molecule is CC(Nc1ccc(Nc2ccccc2)cc1)c1ccc(Oc2ccc(C(C)Nc3ccc(Nc4ccccc4)cc3)cc2)cc1. The van der Waals surface area contributed by atoms with Gasteiger partial charge in [-0.1, -0.05) is 60.7 Å². The van der Waals surface area contributed by atoms with Gasteiger partial charge < -0.3 is 26.0 Å².